The van der Waals surface area contributed by atoms with Gasteiger partial charge in [-0.05, 0) is 35.7 Å². The summed E-state index contributed by atoms with van der Waals surface area (Å²) in [5.74, 6) is 6.59. The Balaban J connectivity index is 1.51. The number of rotatable bonds is 7. The van der Waals surface area contributed by atoms with E-state index in [-0.39, 0.29) is 18.4 Å². The van der Waals surface area contributed by atoms with Crippen molar-refractivity contribution in [3.8, 4) is 23.0 Å². The molecule has 3 atom stereocenters. The molecule has 0 radical (unpaired) electrons. The summed E-state index contributed by atoms with van der Waals surface area (Å²) in [7, 11) is -4.69. The van der Waals surface area contributed by atoms with Crippen LogP contribution in [0.3, 0.4) is 0 Å². The molecule has 182 valence electrons. The zero-order valence-corrected chi connectivity index (χ0v) is 19.9. The number of imidazole rings is 1. The Hall–Kier alpha value is -3.25. The maximum absolute atomic E-state index is 11.5. The summed E-state index contributed by atoms with van der Waals surface area (Å²) in [6.07, 6.45) is 2.69. The summed E-state index contributed by atoms with van der Waals surface area (Å²) in [6.45, 7) is 1.84. The summed E-state index contributed by atoms with van der Waals surface area (Å²) in [5.41, 5.74) is 3.89. The number of hydrogen-bond donors (Lipinski definition) is 4. The van der Waals surface area contributed by atoms with Crippen LogP contribution in [-0.2, 0) is 13.9 Å². The van der Waals surface area contributed by atoms with Crippen LogP contribution in [0.1, 0.15) is 48.4 Å². The number of phosphoric acid groups is 1. The van der Waals surface area contributed by atoms with Crippen molar-refractivity contribution in [2.45, 2.75) is 31.4 Å². The van der Waals surface area contributed by atoms with E-state index in [0.29, 0.717) is 24.4 Å². The summed E-state index contributed by atoms with van der Waals surface area (Å²) in [4.78, 5) is 33.8. The summed E-state index contributed by atoms with van der Waals surface area (Å²) in [6, 6.07) is 15.0. The topological polar surface area (TPSA) is 134 Å². The second-order valence-electron chi connectivity index (χ2n) is 8.34. The van der Waals surface area contributed by atoms with Gasteiger partial charge in [0, 0.05) is 36.8 Å². The first-order chi connectivity index (χ1) is 16.7. The molecule has 0 spiro atoms. The lowest BCUT2D eigenvalue weighted by atomic mass is 9.95. The highest BCUT2D eigenvalue weighted by Gasteiger charge is 2.23. The maximum atomic E-state index is 11.5. The minimum absolute atomic E-state index is 0.0847. The highest BCUT2D eigenvalue weighted by molar-refractivity contribution is 7.46. The molecule has 2 heterocycles. The van der Waals surface area contributed by atoms with E-state index in [1.54, 1.807) is 13.1 Å². The average molecular weight is 495 g/mol. The molecule has 1 aliphatic heterocycles. The normalized spacial score (nSPS) is 17.4. The number of amides is 1. The van der Waals surface area contributed by atoms with Crippen LogP contribution >= 0.6 is 7.82 Å². The summed E-state index contributed by atoms with van der Waals surface area (Å²) < 4.78 is 17.4. The molecule has 10 heteroatoms. The van der Waals surface area contributed by atoms with Gasteiger partial charge in [-0.25, -0.2) is 9.55 Å². The standard InChI is InChI=1S/C25H26N3O6P/c1-17(29)25-26-12-13-28(25)23(16-34-35(31,32)33)11-4-18-2-5-19(6-3-18)20-7-9-21(10-8-20)22-14-24(30)27-15-22/h2-3,5-10,12-13,17,22-23,29H,14-16H2,1H3,(H,27,30)(H2,31,32,33)/t17-,22+,23-/m0/s1. The molecule has 4 N–H and O–H groups in total. The molecule has 35 heavy (non-hydrogen) atoms. The van der Waals surface area contributed by atoms with Gasteiger partial charge >= 0.3 is 7.82 Å². The van der Waals surface area contributed by atoms with Crippen molar-refractivity contribution in [2.75, 3.05) is 13.2 Å². The molecule has 1 amide bonds. The fourth-order valence-corrected chi connectivity index (χ4v) is 4.31. The van der Waals surface area contributed by atoms with Gasteiger partial charge in [-0.1, -0.05) is 48.2 Å². The van der Waals surface area contributed by atoms with Crippen LogP contribution in [0.2, 0.25) is 0 Å². The van der Waals surface area contributed by atoms with Crippen LogP contribution in [0, 0.1) is 11.8 Å². The second-order valence-corrected chi connectivity index (χ2v) is 9.58. The average Bonchev–Trinajstić information content (AvgIpc) is 3.48. The number of aromatic nitrogens is 2. The van der Waals surface area contributed by atoms with E-state index in [2.05, 4.69) is 26.7 Å². The molecule has 1 fully saturated rings. The zero-order chi connectivity index (χ0) is 25.0. The van der Waals surface area contributed by atoms with Gasteiger partial charge in [0.2, 0.25) is 5.91 Å². The number of nitrogens with one attached hydrogen (secondary N) is 1. The lowest BCUT2D eigenvalue weighted by Crippen LogP contribution is -2.17. The molecule has 0 saturated carbocycles. The Bertz CT molecular complexity index is 1290. The molecular weight excluding hydrogens is 469 g/mol. The largest absolute Gasteiger partial charge is 0.469 e. The van der Waals surface area contributed by atoms with Gasteiger partial charge in [0.15, 0.2) is 0 Å². The number of aliphatic hydroxyl groups is 1. The lowest BCUT2D eigenvalue weighted by Gasteiger charge is -2.17. The van der Waals surface area contributed by atoms with E-state index in [4.69, 9.17) is 9.79 Å². The molecule has 0 unspecified atom stereocenters. The lowest BCUT2D eigenvalue weighted by molar-refractivity contribution is -0.119. The Morgan fingerprint density at radius 3 is 2.40 bits per heavy atom. The van der Waals surface area contributed by atoms with Gasteiger partial charge < -0.3 is 24.8 Å². The van der Waals surface area contributed by atoms with Gasteiger partial charge in [0.25, 0.3) is 0 Å². The third-order valence-corrected chi connectivity index (χ3v) is 6.25. The van der Waals surface area contributed by atoms with Crippen molar-refractivity contribution in [3.63, 3.8) is 0 Å². The number of carbonyl (C=O) groups excluding carboxylic acids is 1. The first-order valence-corrected chi connectivity index (χ1v) is 12.6. The smallest absolute Gasteiger partial charge is 0.385 e. The van der Waals surface area contributed by atoms with E-state index in [0.717, 1.165) is 16.7 Å². The predicted octanol–water partition coefficient (Wildman–Crippen LogP) is 2.91. The fraction of sp³-hybridized carbons (Fsp3) is 0.280. The number of carbonyl (C=O) groups is 1. The molecular formula is C25H26N3O6P. The number of nitrogens with zero attached hydrogens (tertiary/aromatic N) is 2. The second kappa shape index (κ2) is 10.6. The number of aliphatic hydroxyl groups excluding tert-OH is 1. The van der Waals surface area contributed by atoms with Gasteiger partial charge in [0.1, 0.15) is 18.0 Å². The van der Waals surface area contributed by atoms with Crippen molar-refractivity contribution in [3.05, 3.63) is 77.9 Å². The van der Waals surface area contributed by atoms with E-state index in [9.17, 15) is 14.5 Å². The van der Waals surface area contributed by atoms with Gasteiger partial charge in [0.05, 0.1) is 6.61 Å². The van der Waals surface area contributed by atoms with Crippen molar-refractivity contribution in [1.82, 2.24) is 14.9 Å². The molecule has 0 bridgehead atoms. The Morgan fingerprint density at radius 2 is 1.83 bits per heavy atom. The maximum Gasteiger partial charge on any atom is 0.469 e. The Morgan fingerprint density at radius 1 is 1.17 bits per heavy atom. The molecule has 3 aromatic rings. The van der Waals surface area contributed by atoms with Crippen molar-refractivity contribution < 1.29 is 28.8 Å². The third kappa shape index (κ3) is 6.45. The Labute approximate surface area is 203 Å². The molecule has 1 saturated heterocycles. The van der Waals surface area contributed by atoms with Crippen molar-refractivity contribution >= 4 is 13.7 Å². The van der Waals surface area contributed by atoms with E-state index in [1.807, 2.05) is 48.5 Å². The zero-order valence-electron chi connectivity index (χ0n) is 19.0. The SMILES string of the molecule is C[C@H](O)c1nccn1[C@@H](C#Cc1ccc(-c2ccc([C@H]3CNC(=O)C3)cc2)cc1)COP(=O)(O)O. The molecule has 4 rings (SSSR count). The number of benzene rings is 2. The van der Waals surface area contributed by atoms with Crippen molar-refractivity contribution in [2.24, 2.45) is 0 Å². The van der Waals surface area contributed by atoms with E-state index < -0.39 is 20.0 Å². The minimum atomic E-state index is -4.69. The van der Waals surface area contributed by atoms with E-state index in [1.165, 1.54) is 10.8 Å². The Kier molecular flexibility index (Phi) is 7.51. The van der Waals surface area contributed by atoms with Gasteiger partial charge in [-0.3, -0.25) is 9.32 Å². The summed E-state index contributed by atoms with van der Waals surface area (Å²) >= 11 is 0. The van der Waals surface area contributed by atoms with Crippen LogP contribution in [0.25, 0.3) is 11.1 Å². The van der Waals surface area contributed by atoms with Crippen LogP contribution in [0.4, 0.5) is 0 Å². The first-order valence-electron chi connectivity index (χ1n) is 11.1. The van der Waals surface area contributed by atoms with E-state index >= 15 is 0 Å². The van der Waals surface area contributed by atoms with Crippen LogP contribution in [0.15, 0.2) is 60.9 Å². The highest BCUT2D eigenvalue weighted by atomic mass is 31.2. The monoisotopic (exact) mass is 495 g/mol. The number of hydrogen-bond acceptors (Lipinski definition) is 5. The van der Waals surface area contributed by atoms with Crippen LogP contribution in [-0.4, -0.2) is 43.5 Å². The first kappa shape index (κ1) is 24.9. The fourth-order valence-electron chi connectivity index (χ4n) is 3.97. The van der Waals surface area contributed by atoms with Crippen molar-refractivity contribution in [1.29, 1.82) is 0 Å². The predicted molar refractivity (Wildman–Crippen MR) is 129 cm³/mol. The molecule has 9 nitrogen and oxygen atoms in total. The molecule has 2 aromatic carbocycles. The highest BCUT2D eigenvalue weighted by Crippen LogP contribution is 2.37. The third-order valence-electron chi connectivity index (χ3n) is 5.77. The molecule has 0 aliphatic carbocycles. The molecule has 1 aromatic heterocycles. The summed E-state index contributed by atoms with van der Waals surface area (Å²) in [5, 5.41) is 12.8. The van der Waals surface area contributed by atoms with Gasteiger partial charge in [-0.2, -0.15) is 0 Å². The van der Waals surface area contributed by atoms with Gasteiger partial charge in [-0.15, -0.1) is 0 Å². The number of phosphoric ester groups is 1. The van der Waals surface area contributed by atoms with Crippen LogP contribution in [0.5, 0.6) is 0 Å². The minimum Gasteiger partial charge on any atom is -0.385 e. The quantitative estimate of drug-likeness (QED) is 0.293. The van der Waals surface area contributed by atoms with Crippen LogP contribution < -0.4 is 5.32 Å². The molecule has 1 aliphatic rings.